The smallest absolute Gasteiger partial charge is 0.348 e. The molecule has 0 amide bonds. The quantitative estimate of drug-likeness (QED) is 0.0721. The maximum absolute atomic E-state index is 12.6. The van der Waals surface area contributed by atoms with Gasteiger partial charge in [-0.2, -0.15) is 8.42 Å². The third-order valence-electron chi connectivity index (χ3n) is 12.1. The lowest BCUT2D eigenvalue weighted by Crippen LogP contribution is -2.51. The Labute approximate surface area is 299 Å². The molecule has 0 aromatic carbocycles. The number of ether oxygens (including phenoxy) is 1. The van der Waals surface area contributed by atoms with E-state index < -0.39 is 32.9 Å². The van der Waals surface area contributed by atoms with Gasteiger partial charge in [-0.05, 0) is 105 Å². The van der Waals surface area contributed by atoms with Gasteiger partial charge in [-0.15, -0.1) is 11.3 Å². The standard InChI is InChI=1S/C37H66O7S2Si2/c1-14-37(24-17-25-37)33(44-48(12,13)36(5,6)7)21-16-20-29-28(19-15-18-27-22-23-32(45-27)34(38)41-8)30(42-46(9,39)40)26-31(29)43-47(10,11)35(2,3)4/h16,20,22-23,28-31,33H,14-15,17-19,21,24-26H2,1-13H3/t28-,29+,30-,31-,33?/m1/s1. The van der Waals surface area contributed by atoms with Crippen molar-refractivity contribution >= 4 is 44.1 Å². The normalized spacial score (nSPS) is 24.5. The van der Waals surface area contributed by atoms with E-state index in [1.54, 1.807) is 0 Å². The van der Waals surface area contributed by atoms with E-state index in [0.717, 1.165) is 43.2 Å². The fraction of sp³-hybridized carbons (Fsp3) is 0.811. The number of aryl methyl sites for hydroxylation is 1. The number of rotatable bonds is 16. The zero-order valence-electron chi connectivity index (χ0n) is 32.2. The van der Waals surface area contributed by atoms with Gasteiger partial charge in [-0.3, -0.25) is 4.18 Å². The van der Waals surface area contributed by atoms with Crippen molar-refractivity contribution in [3.63, 3.8) is 0 Å². The molecule has 48 heavy (non-hydrogen) atoms. The summed E-state index contributed by atoms with van der Waals surface area (Å²) in [5.41, 5.74) is 0.220. The fourth-order valence-corrected chi connectivity index (χ4v) is 11.2. The lowest BCUT2D eigenvalue weighted by atomic mass is 9.63. The third kappa shape index (κ3) is 10.4. The predicted octanol–water partition coefficient (Wildman–Crippen LogP) is 10.1. The van der Waals surface area contributed by atoms with Gasteiger partial charge in [0, 0.05) is 17.2 Å². The number of esters is 1. The van der Waals surface area contributed by atoms with Crippen molar-refractivity contribution in [2.24, 2.45) is 17.3 Å². The van der Waals surface area contributed by atoms with Crippen LogP contribution in [0.1, 0.15) is 114 Å². The number of methoxy groups -OCH3 is 1. The van der Waals surface area contributed by atoms with Crippen molar-refractivity contribution in [3.05, 3.63) is 34.0 Å². The first kappa shape index (κ1) is 41.6. The molecule has 2 aliphatic rings. The molecule has 1 unspecified atom stereocenters. The molecule has 1 heterocycles. The summed E-state index contributed by atoms with van der Waals surface area (Å²) in [6.07, 6.45) is 14.0. The van der Waals surface area contributed by atoms with E-state index in [-0.39, 0.29) is 45.5 Å². The molecule has 0 aliphatic heterocycles. The predicted molar refractivity (Wildman–Crippen MR) is 204 cm³/mol. The summed E-state index contributed by atoms with van der Waals surface area (Å²) in [5, 5.41) is 0.144. The van der Waals surface area contributed by atoms with Gasteiger partial charge in [0.25, 0.3) is 10.1 Å². The van der Waals surface area contributed by atoms with E-state index in [9.17, 15) is 13.2 Å². The number of hydrogen-bond acceptors (Lipinski definition) is 8. The van der Waals surface area contributed by atoms with Crippen LogP contribution in [0.5, 0.6) is 0 Å². The average molecular weight is 743 g/mol. The summed E-state index contributed by atoms with van der Waals surface area (Å²) >= 11 is 1.46. The summed E-state index contributed by atoms with van der Waals surface area (Å²) in [6, 6.07) is 3.81. The zero-order valence-corrected chi connectivity index (χ0v) is 35.9. The molecule has 2 saturated carbocycles. The van der Waals surface area contributed by atoms with Crippen LogP contribution in [-0.2, 0) is 34.3 Å². The van der Waals surface area contributed by atoms with Crippen LogP contribution in [0.4, 0.5) is 0 Å². The summed E-state index contributed by atoms with van der Waals surface area (Å²) < 4.78 is 50.2. The minimum atomic E-state index is -3.67. The fourth-order valence-electron chi connectivity index (χ4n) is 6.83. The second kappa shape index (κ2) is 15.8. The first-order valence-corrected chi connectivity index (χ1v) is 26.5. The monoisotopic (exact) mass is 742 g/mol. The maximum Gasteiger partial charge on any atom is 0.348 e. The molecular formula is C37H66O7S2Si2. The average Bonchev–Trinajstić information content (AvgIpc) is 3.50. The Bertz CT molecular complexity index is 1340. The lowest BCUT2D eigenvalue weighted by Gasteiger charge is -2.51. The number of carbonyl (C=O) groups is 1. The Hall–Kier alpha value is -0.826. The molecule has 11 heteroatoms. The number of thiophene rings is 1. The van der Waals surface area contributed by atoms with Crippen molar-refractivity contribution in [1.29, 1.82) is 0 Å². The molecular weight excluding hydrogens is 677 g/mol. The Balaban J connectivity index is 1.94. The van der Waals surface area contributed by atoms with Crippen molar-refractivity contribution in [2.75, 3.05) is 13.4 Å². The van der Waals surface area contributed by atoms with Gasteiger partial charge in [0.05, 0.1) is 31.7 Å². The topological polar surface area (TPSA) is 88.1 Å². The lowest BCUT2D eigenvalue weighted by molar-refractivity contribution is -0.0273. The van der Waals surface area contributed by atoms with Gasteiger partial charge in [-0.1, -0.05) is 67.0 Å². The van der Waals surface area contributed by atoms with E-state index in [2.05, 4.69) is 86.8 Å². The van der Waals surface area contributed by atoms with Crippen LogP contribution in [0, 0.1) is 17.3 Å². The van der Waals surface area contributed by atoms with Crippen LogP contribution in [0.3, 0.4) is 0 Å². The number of carbonyl (C=O) groups excluding carboxylic acids is 1. The van der Waals surface area contributed by atoms with Crippen LogP contribution in [-0.4, -0.2) is 62.7 Å². The van der Waals surface area contributed by atoms with Crippen LogP contribution in [0.25, 0.3) is 0 Å². The molecule has 2 fully saturated rings. The highest BCUT2D eigenvalue weighted by molar-refractivity contribution is 7.86. The molecule has 2 aliphatic carbocycles. The molecule has 0 spiro atoms. The van der Waals surface area contributed by atoms with Crippen LogP contribution < -0.4 is 0 Å². The first-order chi connectivity index (χ1) is 22.0. The molecule has 3 rings (SSSR count). The van der Waals surface area contributed by atoms with Gasteiger partial charge >= 0.3 is 5.97 Å². The SMILES string of the molecule is CCC1(C(CC=C[C@H]2[C@@H](CCCc3ccc(C(=O)OC)s3)[C@H](OS(C)(=O)=O)C[C@H]2O[Si](C)(C)C(C)(C)C)O[Si](C)(C)C(C)(C)C)CCC1. The second-order valence-electron chi connectivity index (χ2n) is 17.5. The molecule has 0 radical (unpaired) electrons. The molecule has 1 aromatic rings. The minimum absolute atomic E-state index is 0.0168. The first-order valence-electron chi connectivity index (χ1n) is 18.0. The summed E-state index contributed by atoms with van der Waals surface area (Å²) in [5.74, 6) is -0.316. The molecule has 0 N–H and O–H groups in total. The third-order valence-corrected chi connectivity index (χ3v) is 22.8. The van der Waals surface area contributed by atoms with Gasteiger partial charge in [-0.25, -0.2) is 4.79 Å². The Morgan fingerprint density at radius 2 is 1.67 bits per heavy atom. The molecule has 0 saturated heterocycles. The van der Waals surface area contributed by atoms with E-state index in [1.165, 1.54) is 37.7 Å². The molecule has 276 valence electrons. The highest BCUT2D eigenvalue weighted by atomic mass is 32.2. The highest BCUT2D eigenvalue weighted by Gasteiger charge is 2.50. The minimum Gasteiger partial charge on any atom is -0.465 e. The Morgan fingerprint density at radius 1 is 1.04 bits per heavy atom. The van der Waals surface area contributed by atoms with Crippen molar-refractivity contribution < 1.29 is 31.0 Å². The van der Waals surface area contributed by atoms with Gasteiger partial charge < -0.3 is 13.6 Å². The summed E-state index contributed by atoms with van der Waals surface area (Å²) in [4.78, 5) is 13.7. The second-order valence-corrected chi connectivity index (χ2v) is 29.8. The highest BCUT2D eigenvalue weighted by Crippen LogP contribution is 2.52. The number of hydrogen-bond donors (Lipinski definition) is 0. The van der Waals surface area contributed by atoms with Crippen LogP contribution in [0.2, 0.25) is 36.3 Å². The van der Waals surface area contributed by atoms with Crippen molar-refractivity contribution in [1.82, 2.24) is 0 Å². The van der Waals surface area contributed by atoms with Gasteiger partial charge in [0.1, 0.15) is 4.88 Å². The zero-order chi connectivity index (χ0) is 36.3. The summed E-state index contributed by atoms with van der Waals surface area (Å²) in [6.45, 7) is 25.2. The van der Waals surface area contributed by atoms with E-state index in [0.29, 0.717) is 11.3 Å². The van der Waals surface area contributed by atoms with Crippen molar-refractivity contribution in [2.45, 2.75) is 161 Å². The van der Waals surface area contributed by atoms with E-state index in [4.69, 9.17) is 17.8 Å². The Morgan fingerprint density at radius 3 is 2.17 bits per heavy atom. The van der Waals surface area contributed by atoms with Crippen LogP contribution >= 0.6 is 11.3 Å². The van der Waals surface area contributed by atoms with E-state index >= 15 is 0 Å². The van der Waals surface area contributed by atoms with Gasteiger partial charge in [0.2, 0.25) is 0 Å². The van der Waals surface area contributed by atoms with E-state index in [1.807, 2.05) is 12.1 Å². The maximum atomic E-state index is 12.6. The van der Waals surface area contributed by atoms with Crippen LogP contribution in [0.15, 0.2) is 24.3 Å². The largest absolute Gasteiger partial charge is 0.465 e. The summed E-state index contributed by atoms with van der Waals surface area (Å²) in [7, 11) is -6.44. The molecule has 0 bridgehead atoms. The molecule has 1 aromatic heterocycles. The Kier molecular flexibility index (Phi) is 13.7. The molecule has 7 nitrogen and oxygen atoms in total. The molecule has 5 atom stereocenters. The van der Waals surface area contributed by atoms with Gasteiger partial charge in [0.15, 0.2) is 16.6 Å². The van der Waals surface area contributed by atoms with Crippen molar-refractivity contribution in [3.8, 4) is 0 Å².